The van der Waals surface area contributed by atoms with Crippen molar-refractivity contribution in [3.05, 3.63) is 59.4 Å². The maximum absolute atomic E-state index is 13.7. The summed E-state index contributed by atoms with van der Waals surface area (Å²) in [7, 11) is 0. The van der Waals surface area contributed by atoms with E-state index in [4.69, 9.17) is 10.5 Å². The Labute approximate surface area is 106 Å². The zero-order valence-electron chi connectivity index (χ0n) is 10.3. The van der Waals surface area contributed by atoms with Gasteiger partial charge in [0.25, 0.3) is 0 Å². The number of aryl methyl sites for hydroxylation is 1. The molecular weight excluding hydrogens is 229 g/mol. The van der Waals surface area contributed by atoms with E-state index in [0.717, 1.165) is 11.3 Å². The number of nitrogens with two attached hydrogens (primary N) is 1. The quantitative estimate of drug-likeness (QED) is 0.838. The molecule has 2 N–H and O–H groups in total. The van der Waals surface area contributed by atoms with Gasteiger partial charge in [-0.15, -0.1) is 0 Å². The Bertz CT molecular complexity index is 540. The van der Waals surface area contributed by atoms with Crippen LogP contribution in [0, 0.1) is 12.7 Å². The number of halogens is 1. The summed E-state index contributed by atoms with van der Waals surface area (Å²) < 4.78 is 19.1. The van der Waals surface area contributed by atoms with E-state index in [-0.39, 0.29) is 5.82 Å². The van der Waals surface area contributed by atoms with Crippen LogP contribution < -0.4 is 10.5 Å². The number of benzene rings is 2. The lowest BCUT2D eigenvalue weighted by Gasteiger charge is -2.09. The number of hydrogen-bond donors (Lipinski definition) is 1. The fourth-order valence-corrected chi connectivity index (χ4v) is 1.76. The smallest absolute Gasteiger partial charge is 0.167 e. The summed E-state index contributed by atoms with van der Waals surface area (Å²) in [5, 5.41) is 0. The first-order valence-corrected chi connectivity index (χ1v) is 5.90. The van der Waals surface area contributed by atoms with Crippen LogP contribution in [0.4, 0.5) is 10.1 Å². The largest absolute Gasteiger partial charge is 0.490 e. The van der Waals surface area contributed by atoms with Crippen LogP contribution in [0.15, 0.2) is 42.5 Å². The minimum Gasteiger partial charge on any atom is -0.490 e. The first-order chi connectivity index (χ1) is 8.68. The van der Waals surface area contributed by atoms with Crippen LogP contribution in [0.3, 0.4) is 0 Å². The average Bonchev–Trinajstić information content (AvgIpc) is 2.37. The summed E-state index contributed by atoms with van der Waals surface area (Å²) in [5.41, 5.74) is 8.17. The molecule has 0 saturated carbocycles. The van der Waals surface area contributed by atoms with Gasteiger partial charge in [0.15, 0.2) is 11.6 Å². The standard InChI is InChI=1S/C15H16FNO/c1-11-5-4-8-14(15(11)16)18-10-9-12-6-2-3-7-13(12)17/h2-8H,9-10,17H2,1H3. The van der Waals surface area contributed by atoms with Crippen molar-refractivity contribution < 1.29 is 9.13 Å². The Morgan fingerprint density at radius 3 is 2.67 bits per heavy atom. The maximum Gasteiger partial charge on any atom is 0.167 e. The second-order valence-electron chi connectivity index (χ2n) is 4.18. The monoisotopic (exact) mass is 245 g/mol. The molecular formula is C15H16FNO. The summed E-state index contributed by atoms with van der Waals surface area (Å²) in [6.07, 6.45) is 0.667. The third-order valence-corrected chi connectivity index (χ3v) is 2.84. The molecule has 0 aliphatic heterocycles. The molecule has 94 valence electrons. The second kappa shape index (κ2) is 5.54. The zero-order chi connectivity index (χ0) is 13.0. The van der Waals surface area contributed by atoms with Crippen molar-refractivity contribution in [2.45, 2.75) is 13.3 Å². The third kappa shape index (κ3) is 2.80. The number of ether oxygens (including phenoxy) is 1. The van der Waals surface area contributed by atoms with Gasteiger partial charge in [0.2, 0.25) is 0 Å². The highest BCUT2D eigenvalue weighted by Crippen LogP contribution is 2.20. The number of anilines is 1. The molecule has 2 nitrogen and oxygen atoms in total. The number of nitrogen functional groups attached to an aromatic ring is 1. The van der Waals surface area contributed by atoms with Crippen LogP contribution in [-0.2, 0) is 6.42 Å². The maximum atomic E-state index is 13.7. The van der Waals surface area contributed by atoms with Crippen molar-refractivity contribution in [2.24, 2.45) is 0 Å². The molecule has 0 aromatic heterocycles. The molecule has 0 unspecified atom stereocenters. The zero-order valence-corrected chi connectivity index (χ0v) is 10.3. The van der Waals surface area contributed by atoms with E-state index in [1.165, 1.54) is 0 Å². The van der Waals surface area contributed by atoms with E-state index in [1.807, 2.05) is 24.3 Å². The number of para-hydroxylation sites is 1. The van der Waals surface area contributed by atoms with E-state index >= 15 is 0 Å². The molecule has 2 aromatic carbocycles. The predicted molar refractivity (Wildman–Crippen MR) is 71.2 cm³/mol. The highest BCUT2D eigenvalue weighted by Gasteiger charge is 2.06. The van der Waals surface area contributed by atoms with Crippen molar-refractivity contribution in [1.29, 1.82) is 0 Å². The first-order valence-electron chi connectivity index (χ1n) is 5.90. The van der Waals surface area contributed by atoms with Crippen LogP contribution in [0.2, 0.25) is 0 Å². The van der Waals surface area contributed by atoms with Gasteiger partial charge in [0.05, 0.1) is 6.61 Å². The van der Waals surface area contributed by atoms with Crippen molar-refractivity contribution in [3.8, 4) is 5.75 Å². The van der Waals surface area contributed by atoms with Gasteiger partial charge in [-0.3, -0.25) is 0 Å². The molecule has 2 rings (SSSR count). The van der Waals surface area contributed by atoms with Crippen molar-refractivity contribution >= 4 is 5.69 Å². The third-order valence-electron chi connectivity index (χ3n) is 2.84. The van der Waals surface area contributed by atoms with Crippen LogP contribution in [0.1, 0.15) is 11.1 Å². The fourth-order valence-electron chi connectivity index (χ4n) is 1.76. The molecule has 2 aromatic rings. The average molecular weight is 245 g/mol. The van der Waals surface area contributed by atoms with E-state index in [0.29, 0.717) is 24.3 Å². The van der Waals surface area contributed by atoms with Gasteiger partial charge in [-0.2, -0.15) is 0 Å². The Balaban J connectivity index is 1.97. The van der Waals surface area contributed by atoms with Crippen LogP contribution in [0.25, 0.3) is 0 Å². The van der Waals surface area contributed by atoms with E-state index in [9.17, 15) is 4.39 Å². The van der Waals surface area contributed by atoms with Gasteiger partial charge in [0, 0.05) is 12.1 Å². The van der Waals surface area contributed by atoms with Crippen LogP contribution >= 0.6 is 0 Å². The fraction of sp³-hybridized carbons (Fsp3) is 0.200. The van der Waals surface area contributed by atoms with Gasteiger partial charge in [-0.05, 0) is 30.2 Å². The molecule has 0 bridgehead atoms. The second-order valence-corrected chi connectivity index (χ2v) is 4.18. The SMILES string of the molecule is Cc1cccc(OCCc2ccccc2N)c1F. The van der Waals surface area contributed by atoms with Crippen molar-refractivity contribution in [3.63, 3.8) is 0 Å². The summed E-state index contributed by atoms with van der Waals surface area (Å²) in [6, 6.07) is 12.8. The lowest BCUT2D eigenvalue weighted by molar-refractivity contribution is 0.305. The Morgan fingerprint density at radius 1 is 1.11 bits per heavy atom. The molecule has 0 radical (unpaired) electrons. The van der Waals surface area contributed by atoms with E-state index < -0.39 is 0 Å². The molecule has 0 fully saturated rings. The summed E-state index contributed by atoms with van der Waals surface area (Å²) >= 11 is 0. The summed E-state index contributed by atoms with van der Waals surface area (Å²) in [5.74, 6) is 0.00281. The Morgan fingerprint density at radius 2 is 1.89 bits per heavy atom. The molecule has 0 amide bonds. The lowest BCUT2D eigenvalue weighted by Crippen LogP contribution is -2.05. The Kier molecular flexibility index (Phi) is 3.82. The molecule has 0 spiro atoms. The van der Waals surface area contributed by atoms with Gasteiger partial charge in [-0.25, -0.2) is 4.39 Å². The molecule has 3 heteroatoms. The van der Waals surface area contributed by atoms with E-state index in [2.05, 4.69) is 0 Å². The van der Waals surface area contributed by atoms with Crippen LogP contribution in [0.5, 0.6) is 5.75 Å². The number of hydrogen-bond acceptors (Lipinski definition) is 2. The predicted octanol–water partition coefficient (Wildman–Crippen LogP) is 3.34. The summed E-state index contributed by atoms with van der Waals surface area (Å²) in [6.45, 7) is 2.13. The highest BCUT2D eigenvalue weighted by molar-refractivity contribution is 5.46. The number of rotatable bonds is 4. The minimum atomic E-state index is -0.293. The molecule has 0 aliphatic carbocycles. The highest BCUT2D eigenvalue weighted by atomic mass is 19.1. The minimum absolute atomic E-state index is 0.293. The van der Waals surface area contributed by atoms with E-state index in [1.54, 1.807) is 25.1 Å². The molecule has 0 saturated heterocycles. The molecule has 18 heavy (non-hydrogen) atoms. The lowest BCUT2D eigenvalue weighted by atomic mass is 10.1. The van der Waals surface area contributed by atoms with Crippen molar-refractivity contribution in [1.82, 2.24) is 0 Å². The van der Waals surface area contributed by atoms with Gasteiger partial charge < -0.3 is 10.5 Å². The van der Waals surface area contributed by atoms with Gasteiger partial charge in [-0.1, -0.05) is 30.3 Å². The molecule has 0 aliphatic rings. The van der Waals surface area contributed by atoms with Crippen LogP contribution in [-0.4, -0.2) is 6.61 Å². The topological polar surface area (TPSA) is 35.2 Å². The molecule has 0 heterocycles. The first kappa shape index (κ1) is 12.4. The van der Waals surface area contributed by atoms with Crippen molar-refractivity contribution in [2.75, 3.05) is 12.3 Å². The summed E-state index contributed by atoms with van der Waals surface area (Å²) in [4.78, 5) is 0. The van der Waals surface area contributed by atoms with Gasteiger partial charge in [0.1, 0.15) is 0 Å². The normalized spacial score (nSPS) is 10.3. The van der Waals surface area contributed by atoms with Gasteiger partial charge >= 0.3 is 0 Å². The molecule has 0 atom stereocenters. The Hall–Kier alpha value is -2.03.